The van der Waals surface area contributed by atoms with Gasteiger partial charge in [-0.2, -0.15) is 0 Å². The standard InChI is InChI=1S/C18H26N2O/c1-14(2)12-19-13-16-5-3-4-15-6-9-20(18(15)16)17-7-10-21-11-8-17/h3-6,9,14,17,19H,7-8,10-13H2,1-2H3. The van der Waals surface area contributed by atoms with E-state index in [9.17, 15) is 0 Å². The summed E-state index contributed by atoms with van der Waals surface area (Å²) in [5.74, 6) is 0.687. The number of para-hydroxylation sites is 1. The van der Waals surface area contributed by atoms with Gasteiger partial charge in [-0.1, -0.05) is 32.0 Å². The minimum atomic E-state index is 0.586. The number of aromatic nitrogens is 1. The van der Waals surface area contributed by atoms with E-state index in [0.29, 0.717) is 12.0 Å². The molecule has 2 aromatic rings. The minimum Gasteiger partial charge on any atom is -0.381 e. The smallest absolute Gasteiger partial charge is 0.0528 e. The summed E-state index contributed by atoms with van der Waals surface area (Å²) in [4.78, 5) is 0. The lowest BCUT2D eigenvalue weighted by Crippen LogP contribution is -2.21. The van der Waals surface area contributed by atoms with Crippen LogP contribution in [0.25, 0.3) is 10.9 Å². The second-order valence-corrected chi connectivity index (χ2v) is 6.45. The number of hydrogen-bond donors (Lipinski definition) is 1. The molecule has 0 saturated carbocycles. The first-order chi connectivity index (χ1) is 10.3. The van der Waals surface area contributed by atoms with Gasteiger partial charge in [-0.25, -0.2) is 0 Å². The largest absolute Gasteiger partial charge is 0.381 e. The normalized spacial score (nSPS) is 16.9. The van der Waals surface area contributed by atoms with Gasteiger partial charge in [0.2, 0.25) is 0 Å². The van der Waals surface area contributed by atoms with Gasteiger partial charge in [0, 0.05) is 32.0 Å². The first-order valence-corrected chi connectivity index (χ1v) is 8.12. The number of hydrogen-bond acceptors (Lipinski definition) is 2. The number of nitrogens with one attached hydrogen (secondary N) is 1. The Morgan fingerprint density at radius 3 is 2.81 bits per heavy atom. The highest BCUT2D eigenvalue weighted by molar-refractivity contribution is 5.83. The van der Waals surface area contributed by atoms with Gasteiger partial charge >= 0.3 is 0 Å². The maximum Gasteiger partial charge on any atom is 0.0528 e. The fourth-order valence-electron chi connectivity index (χ4n) is 3.20. The second kappa shape index (κ2) is 6.63. The van der Waals surface area contributed by atoms with Crippen molar-refractivity contribution in [2.45, 2.75) is 39.3 Å². The number of benzene rings is 1. The quantitative estimate of drug-likeness (QED) is 0.906. The molecule has 3 nitrogen and oxygen atoms in total. The Hall–Kier alpha value is -1.32. The molecule has 0 unspecified atom stereocenters. The third kappa shape index (κ3) is 3.30. The van der Waals surface area contributed by atoms with Gasteiger partial charge in [-0.3, -0.25) is 0 Å². The zero-order valence-corrected chi connectivity index (χ0v) is 13.1. The Morgan fingerprint density at radius 1 is 1.24 bits per heavy atom. The Kier molecular flexibility index (Phi) is 4.61. The van der Waals surface area contributed by atoms with Crippen LogP contribution in [0.3, 0.4) is 0 Å². The predicted octanol–water partition coefficient (Wildman–Crippen LogP) is 3.74. The average Bonchev–Trinajstić information content (AvgIpc) is 2.93. The van der Waals surface area contributed by atoms with Crippen molar-refractivity contribution >= 4 is 10.9 Å². The van der Waals surface area contributed by atoms with Gasteiger partial charge < -0.3 is 14.6 Å². The van der Waals surface area contributed by atoms with Crippen molar-refractivity contribution in [1.82, 2.24) is 9.88 Å². The van der Waals surface area contributed by atoms with Gasteiger partial charge in [-0.05, 0) is 42.3 Å². The molecule has 3 rings (SSSR count). The zero-order chi connectivity index (χ0) is 14.7. The van der Waals surface area contributed by atoms with Crippen LogP contribution in [0.15, 0.2) is 30.5 Å². The highest BCUT2D eigenvalue weighted by Crippen LogP contribution is 2.29. The second-order valence-electron chi connectivity index (χ2n) is 6.45. The van der Waals surface area contributed by atoms with Crippen LogP contribution in [0.1, 0.15) is 38.3 Å². The molecule has 21 heavy (non-hydrogen) atoms. The molecule has 1 aliphatic heterocycles. The van der Waals surface area contributed by atoms with Crippen molar-refractivity contribution < 1.29 is 4.74 Å². The molecule has 0 aliphatic carbocycles. The number of nitrogens with zero attached hydrogens (tertiary/aromatic N) is 1. The minimum absolute atomic E-state index is 0.586. The Labute approximate surface area is 127 Å². The van der Waals surface area contributed by atoms with Crippen molar-refractivity contribution in [1.29, 1.82) is 0 Å². The van der Waals surface area contributed by atoms with E-state index < -0.39 is 0 Å². The maximum absolute atomic E-state index is 5.51. The van der Waals surface area contributed by atoms with E-state index in [-0.39, 0.29) is 0 Å². The van der Waals surface area contributed by atoms with Crippen LogP contribution in [0.2, 0.25) is 0 Å². The molecule has 0 bridgehead atoms. The predicted molar refractivity (Wildman–Crippen MR) is 87.6 cm³/mol. The van der Waals surface area contributed by atoms with E-state index in [2.05, 4.69) is 54.2 Å². The summed E-state index contributed by atoms with van der Waals surface area (Å²) in [6, 6.07) is 9.48. The molecular weight excluding hydrogens is 260 g/mol. The molecular formula is C18H26N2O. The first kappa shape index (κ1) is 14.6. The lowest BCUT2D eigenvalue weighted by atomic mass is 10.1. The van der Waals surface area contributed by atoms with E-state index in [4.69, 9.17) is 4.74 Å². The van der Waals surface area contributed by atoms with Crippen LogP contribution in [-0.4, -0.2) is 24.3 Å². The lowest BCUT2D eigenvalue weighted by molar-refractivity contribution is 0.0707. The van der Waals surface area contributed by atoms with Crippen LogP contribution in [0, 0.1) is 5.92 Å². The summed E-state index contributed by atoms with van der Waals surface area (Å²) < 4.78 is 7.98. The highest BCUT2D eigenvalue weighted by atomic mass is 16.5. The lowest BCUT2D eigenvalue weighted by Gasteiger charge is -2.25. The molecule has 1 fully saturated rings. The van der Waals surface area contributed by atoms with Crippen molar-refractivity contribution in [2.24, 2.45) is 5.92 Å². The molecule has 1 aliphatic rings. The third-order valence-corrected chi connectivity index (χ3v) is 4.28. The SMILES string of the molecule is CC(C)CNCc1cccc2ccn(C3CCOCC3)c12. The van der Waals surface area contributed by atoms with Crippen LogP contribution in [-0.2, 0) is 11.3 Å². The summed E-state index contributed by atoms with van der Waals surface area (Å²) in [6.07, 6.45) is 4.50. The Balaban J connectivity index is 1.87. The molecule has 2 heterocycles. The Morgan fingerprint density at radius 2 is 2.05 bits per heavy atom. The molecule has 1 N–H and O–H groups in total. The fraction of sp³-hybridized carbons (Fsp3) is 0.556. The summed E-state index contributed by atoms with van der Waals surface area (Å²) in [5, 5.41) is 4.93. The van der Waals surface area contributed by atoms with Crippen LogP contribution in [0.4, 0.5) is 0 Å². The third-order valence-electron chi connectivity index (χ3n) is 4.28. The summed E-state index contributed by atoms with van der Waals surface area (Å²) >= 11 is 0. The van der Waals surface area contributed by atoms with Gasteiger partial charge in [0.05, 0.1) is 5.52 Å². The van der Waals surface area contributed by atoms with Crippen molar-refractivity contribution in [3.05, 3.63) is 36.0 Å². The van der Waals surface area contributed by atoms with E-state index in [1.54, 1.807) is 0 Å². The molecule has 1 saturated heterocycles. The molecule has 0 spiro atoms. The molecule has 0 amide bonds. The number of fused-ring (bicyclic) bond motifs is 1. The summed E-state index contributed by atoms with van der Waals surface area (Å²) in [7, 11) is 0. The van der Waals surface area contributed by atoms with E-state index in [1.807, 2.05) is 0 Å². The van der Waals surface area contributed by atoms with E-state index >= 15 is 0 Å². The van der Waals surface area contributed by atoms with Crippen LogP contribution >= 0.6 is 0 Å². The molecule has 0 radical (unpaired) electrons. The molecule has 0 atom stereocenters. The molecule has 3 heteroatoms. The summed E-state index contributed by atoms with van der Waals surface area (Å²) in [6.45, 7) is 8.28. The maximum atomic E-state index is 5.51. The Bertz CT molecular complexity index is 582. The van der Waals surface area contributed by atoms with Crippen LogP contribution < -0.4 is 5.32 Å². The van der Waals surface area contributed by atoms with E-state index in [0.717, 1.165) is 39.1 Å². The zero-order valence-electron chi connectivity index (χ0n) is 13.1. The average molecular weight is 286 g/mol. The molecule has 1 aromatic carbocycles. The van der Waals surface area contributed by atoms with Crippen molar-refractivity contribution in [3.8, 4) is 0 Å². The fourth-order valence-corrected chi connectivity index (χ4v) is 3.20. The van der Waals surface area contributed by atoms with Gasteiger partial charge in [0.25, 0.3) is 0 Å². The van der Waals surface area contributed by atoms with Gasteiger partial charge in [-0.15, -0.1) is 0 Å². The van der Waals surface area contributed by atoms with Crippen molar-refractivity contribution in [2.75, 3.05) is 19.8 Å². The first-order valence-electron chi connectivity index (χ1n) is 8.12. The van der Waals surface area contributed by atoms with Crippen LogP contribution in [0.5, 0.6) is 0 Å². The number of ether oxygens (including phenoxy) is 1. The van der Waals surface area contributed by atoms with Crippen molar-refractivity contribution in [3.63, 3.8) is 0 Å². The topological polar surface area (TPSA) is 26.2 Å². The summed E-state index contributed by atoms with van der Waals surface area (Å²) in [5.41, 5.74) is 2.81. The van der Waals surface area contributed by atoms with Gasteiger partial charge in [0.15, 0.2) is 0 Å². The van der Waals surface area contributed by atoms with Gasteiger partial charge in [0.1, 0.15) is 0 Å². The van der Waals surface area contributed by atoms with E-state index in [1.165, 1.54) is 16.5 Å². The monoisotopic (exact) mass is 286 g/mol. The highest BCUT2D eigenvalue weighted by Gasteiger charge is 2.18. The molecule has 114 valence electrons. The number of rotatable bonds is 5. The molecule has 1 aromatic heterocycles.